The van der Waals surface area contributed by atoms with Crippen molar-refractivity contribution in [3.63, 3.8) is 0 Å². The first-order valence-electron chi connectivity index (χ1n) is 10.4. The molecule has 0 radical (unpaired) electrons. The van der Waals surface area contributed by atoms with Crippen molar-refractivity contribution in [2.45, 2.75) is 39.7 Å². The van der Waals surface area contributed by atoms with E-state index in [2.05, 4.69) is 29.4 Å². The Labute approximate surface area is 183 Å². The van der Waals surface area contributed by atoms with Gasteiger partial charge in [-0.15, -0.1) is 0 Å². The Kier molecular flexibility index (Phi) is 7.62. The van der Waals surface area contributed by atoms with Gasteiger partial charge in [0, 0.05) is 12.8 Å². The number of benzene rings is 2. The molecule has 1 aromatic heterocycles. The third-order valence-corrected chi connectivity index (χ3v) is 4.94. The summed E-state index contributed by atoms with van der Waals surface area (Å²) in [6.45, 7) is 4.41. The Morgan fingerprint density at radius 2 is 1.87 bits per heavy atom. The molecule has 0 bridgehead atoms. The number of nitrogen functional groups attached to an aromatic ring is 1. The van der Waals surface area contributed by atoms with E-state index < -0.39 is 0 Å². The smallest absolute Gasteiger partial charge is 0.259 e. The molecule has 0 aliphatic rings. The zero-order valence-electron chi connectivity index (χ0n) is 18.3. The van der Waals surface area contributed by atoms with Crippen LogP contribution in [0, 0.1) is 6.92 Å². The van der Waals surface area contributed by atoms with E-state index in [4.69, 9.17) is 15.2 Å². The number of aromatic nitrogens is 1. The molecule has 31 heavy (non-hydrogen) atoms. The van der Waals surface area contributed by atoms with E-state index in [1.54, 1.807) is 25.3 Å². The molecule has 162 valence electrons. The van der Waals surface area contributed by atoms with Gasteiger partial charge in [0.05, 0.1) is 17.9 Å². The molecule has 0 spiro atoms. The van der Waals surface area contributed by atoms with Crippen molar-refractivity contribution in [1.82, 2.24) is 4.98 Å². The molecule has 0 atom stereocenters. The van der Waals surface area contributed by atoms with Gasteiger partial charge in [0.2, 0.25) is 0 Å². The molecule has 6 nitrogen and oxygen atoms in total. The third kappa shape index (κ3) is 6.06. The molecule has 1 amide bonds. The lowest BCUT2D eigenvalue weighted by molar-refractivity contribution is 0.102. The number of ether oxygens (including phenoxy) is 2. The molecule has 0 aliphatic carbocycles. The van der Waals surface area contributed by atoms with Crippen molar-refractivity contribution < 1.29 is 14.3 Å². The lowest BCUT2D eigenvalue weighted by Gasteiger charge is -2.12. The molecule has 3 N–H and O–H groups in total. The van der Waals surface area contributed by atoms with Crippen molar-refractivity contribution >= 4 is 17.4 Å². The second-order valence-corrected chi connectivity index (χ2v) is 7.45. The van der Waals surface area contributed by atoms with Crippen molar-refractivity contribution in [2.75, 3.05) is 18.2 Å². The number of hydrogen-bond donors (Lipinski definition) is 2. The maximum absolute atomic E-state index is 12.7. The molecule has 0 unspecified atom stereocenters. The standard InChI is InChI=1S/C25H29N3O3/c1-4-5-7-18-8-6-9-21(15-18)31-20-12-10-19(11-13-20)27-25(29)22-14-17(2)23(16-30-3)28-24(22)26/h6,8-15H,4-5,7,16H2,1-3H3,(H2,26,28)(H,27,29). The van der Waals surface area contributed by atoms with E-state index in [0.717, 1.165) is 36.3 Å². The molecule has 3 aromatic rings. The number of nitrogens with two attached hydrogens (primary N) is 1. The number of carbonyl (C=O) groups excluding carboxylic acids is 1. The number of anilines is 2. The third-order valence-electron chi connectivity index (χ3n) is 4.94. The lowest BCUT2D eigenvalue weighted by Crippen LogP contribution is -2.16. The minimum atomic E-state index is -0.311. The second kappa shape index (κ2) is 10.6. The maximum atomic E-state index is 12.7. The Balaban J connectivity index is 1.66. The molecule has 0 aliphatic heterocycles. The quantitative estimate of drug-likeness (QED) is 0.478. The monoisotopic (exact) mass is 419 g/mol. The van der Waals surface area contributed by atoms with Gasteiger partial charge < -0.3 is 20.5 Å². The van der Waals surface area contributed by atoms with Crippen LogP contribution in [0.25, 0.3) is 0 Å². The number of unbranched alkanes of at least 4 members (excludes halogenated alkanes) is 1. The first-order chi connectivity index (χ1) is 15.0. The molecular weight excluding hydrogens is 390 g/mol. The number of rotatable bonds is 9. The number of carbonyl (C=O) groups is 1. The summed E-state index contributed by atoms with van der Waals surface area (Å²) in [6, 6.07) is 17.1. The number of hydrogen-bond acceptors (Lipinski definition) is 5. The molecular formula is C25H29N3O3. The van der Waals surface area contributed by atoms with Crippen LogP contribution in [0.4, 0.5) is 11.5 Å². The fourth-order valence-corrected chi connectivity index (χ4v) is 3.22. The van der Waals surface area contributed by atoms with E-state index in [-0.39, 0.29) is 11.7 Å². The number of pyridine rings is 1. The van der Waals surface area contributed by atoms with Crippen LogP contribution in [-0.4, -0.2) is 18.0 Å². The Morgan fingerprint density at radius 1 is 1.10 bits per heavy atom. The van der Waals surface area contributed by atoms with Crippen molar-refractivity contribution in [1.29, 1.82) is 0 Å². The summed E-state index contributed by atoms with van der Waals surface area (Å²) in [5.74, 6) is 1.37. The van der Waals surface area contributed by atoms with Crippen LogP contribution in [-0.2, 0) is 17.8 Å². The van der Waals surface area contributed by atoms with Crippen LogP contribution >= 0.6 is 0 Å². The first-order valence-corrected chi connectivity index (χ1v) is 10.4. The molecule has 0 fully saturated rings. The Hall–Kier alpha value is -3.38. The number of nitrogens with one attached hydrogen (secondary N) is 1. The minimum absolute atomic E-state index is 0.179. The molecule has 0 saturated heterocycles. The first kappa shape index (κ1) is 22.3. The molecule has 0 saturated carbocycles. The fraction of sp³-hybridized carbons (Fsp3) is 0.280. The van der Waals surface area contributed by atoms with E-state index >= 15 is 0 Å². The summed E-state index contributed by atoms with van der Waals surface area (Å²) in [5, 5.41) is 2.86. The van der Waals surface area contributed by atoms with Gasteiger partial charge in [0.1, 0.15) is 17.3 Å². The van der Waals surface area contributed by atoms with E-state index in [1.807, 2.05) is 31.2 Å². The summed E-state index contributed by atoms with van der Waals surface area (Å²) in [7, 11) is 1.59. The van der Waals surface area contributed by atoms with Gasteiger partial charge in [-0.2, -0.15) is 0 Å². The highest BCUT2D eigenvalue weighted by Gasteiger charge is 2.14. The van der Waals surface area contributed by atoms with Gasteiger partial charge >= 0.3 is 0 Å². The summed E-state index contributed by atoms with van der Waals surface area (Å²) in [5.41, 5.74) is 9.80. The van der Waals surface area contributed by atoms with E-state index in [9.17, 15) is 4.79 Å². The Bertz CT molecular complexity index is 1030. The molecule has 6 heteroatoms. The number of amides is 1. The van der Waals surface area contributed by atoms with Crippen molar-refractivity contribution in [2.24, 2.45) is 0 Å². The summed E-state index contributed by atoms with van der Waals surface area (Å²) in [4.78, 5) is 16.9. The molecule has 2 aromatic carbocycles. The molecule has 3 rings (SSSR count). The van der Waals surface area contributed by atoms with Crippen LogP contribution in [0.1, 0.15) is 46.9 Å². The lowest BCUT2D eigenvalue weighted by atomic mass is 10.1. The average Bonchev–Trinajstić information content (AvgIpc) is 2.76. The number of nitrogens with zero attached hydrogens (tertiary/aromatic N) is 1. The van der Waals surface area contributed by atoms with Crippen LogP contribution in [0.3, 0.4) is 0 Å². The maximum Gasteiger partial charge on any atom is 0.259 e. The van der Waals surface area contributed by atoms with Gasteiger partial charge in [0.25, 0.3) is 5.91 Å². The number of methoxy groups -OCH3 is 1. The van der Waals surface area contributed by atoms with Crippen LogP contribution in [0.15, 0.2) is 54.6 Å². The van der Waals surface area contributed by atoms with E-state index in [1.165, 1.54) is 5.56 Å². The highest BCUT2D eigenvalue weighted by atomic mass is 16.5. The largest absolute Gasteiger partial charge is 0.457 e. The summed E-state index contributed by atoms with van der Waals surface area (Å²) < 4.78 is 11.1. The van der Waals surface area contributed by atoms with Gasteiger partial charge in [-0.1, -0.05) is 25.5 Å². The van der Waals surface area contributed by atoms with Crippen LogP contribution in [0.2, 0.25) is 0 Å². The van der Waals surface area contributed by atoms with Gasteiger partial charge in [-0.25, -0.2) is 4.98 Å². The van der Waals surface area contributed by atoms with Gasteiger partial charge in [-0.3, -0.25) is 4.79 Å². The zero-order chi connectivity index (χ0) is 22.2. The molecule has 1 heterocycles. The Morgan fingerprint density at radius 3 is 2.58 bits per heavy atom. The van der Waals surface area contributed by atoms with E-state index in [0.29, 0.717) is 23.6 Å². The normalized spacial score (nSPS) is 10.7. The van der Waals surface area contributed by atoms with Crippen LogP contribution < -0.4 is 15.8 Å². The topological polar surface area (TPSA) is 86.5 Å². The predicted molar refractivity (Wildman–Crippen MR) is 124 cm³/mol. The highest BCUT2D eigenvalue weighted by Crippen LogP contribution is 2.25. The number of aryl methyl sites for hydroxylation is 2. The zero-order valence-corrected chi connectivity index (χ0v) is 18.3. The van der Waals surface area contributed by atoms with Gasteiger partial charge in [-0.05, 0) is 73.4 Å². The predicted octanol–water partition coefficient (Wildman–Crippen LogP) is 5.51. The highest BCUT2D eigenvalue weighted by molar-refractivity contribution is 6.07. The summed E-state index contributed by atoms with van der Waals surface area (Å²) >= 11 is 0. The van der Waals surface area contributed by atoms with Crippen molar-refractivity contribution in [3.05, 3.63) is 77.0 Å². The summed E-state index contributed by atoms with van der Waals surface area (Å²) in [6.07, 6.45) is 3.37. The minimum Gasteiger partial charge on any atom is -0.457 e. The SMILES string of the molecule is CCCCc1cccc(Oc2ccc(NC(=O)c3cc(C)c(COC)nc3N)cc2)c1. The van der Waals surface area contributed by atoms with Gasteiger partial charge in [0.15, 0.2) is 0 Å². The average molecular weight is 420 g/mol. The van der Waals surface area contributed by atoms with Crippen molar-refractivity contribution in [3.8, 4) is 11.5 Å². The fourth-order valence-electron chi connectivity index (χ4n) is 3.22. The van der Waals surface area contributed by atoms with Crippen LogP contribution in [0.5, 0.6) is 11.5 Å². The second-order valence-electron chi connectivity index (χ2n) is 7.45.